The lowest BCUT2D eigenvalue weighted by Gasteiger charge is -2.47. The van der Waals surface area contributed by atoms with E-state index in [1.807, 2.05) is 13.0 Å². The number of benzene rings is 2. The predicted octanol–water partition coefficient (Wildman–Crippen LogP) is 7.91. The van der Waals surface area contributed by atoms with Gasteiger partial charge in [0.1, 0.15) is 0 Å². The quantitative estimate of drug-likeness (QED) is 0.325. The molecule has 1 aliphatic heterocycles. The third kappa shape index (κ3) is 5.98. The van der Waals surface area contributed by atoms with Gasteiger partial charge in [0, 0.05) is 17.4 Å². The Morgan fingerprint density at radius 3 is 2.00 bits per heavy atom. The van der Waals surface area contributed by atoms with Crippen molar-refractivity contribution in [3.8, 4) is 0 Å². The first-order valence-electron chi connectivity index (χ1n) is 14.7. The van der Waals surface area contributed by atoms with E-state index in [-0.39, 0.29) is 23.5 Å². The van der Waals surface area contributed by atoms with Crippen molar-refractivity contribution in [2.75, 3.05) is 6.61 Å². The highest BCUT2D eigenvalue weighted by Crippen LogP contribution is 2.41. The third-order valence-corrected chi connectivity index (χ3v) is 9.60. The summed E-state index contributed by atoms with van der Waals surface area (Å²) in [5.41, 5.74) is 6.30. The molecule has 1 unspecified atom stereocenters. The smallest absolute Gasteiger partial charge is 0.407 e. The summed E-state index contributed by atoms with van der Waals surface area (Å²) in [4.78, 5) is 0. The maximum absolute atomic E-state index is 10.9. The summed E-state index contributed by atoms with van der Waals surface area (Å²) in [5, 5.41) is 10.9. The average Bonchev–Trinajstić information content (AvgIpc) is 2.87. The van der Waals surface area contributed by atoms with Gasteiger partial charge in [0.15, 0.2) is 0 Å². The first-order chi connectivity index (χ1) is 17.8. The van der Waals surface area contributed by atoms with Crippen LogP contribution < -0.4 is 5.46 Å². The first-order valence-corrected chi connectivity index (χ1v) is 14.7. The fourth-order valence-corrected chi connectivity index (χ4v) is 5.76. The molecular weight excluding hydrogens is 467 g/mol. The molecule has 1 atom stereocenters. The van der Waals surface area contributed by atoms with Gasteiger partial charge in [-0.15, -0.1) is 0 Å². The van der Waals surface area contributed by atoms with E-state index >= 15 is 0 Å². The molecule has 2 aromatic carbocycles. The first kappa shape index (κ1) is 30.7. The van der Waals surface area contributed by atoms with Crippen LogP contribution in [0, 0.1) is 19.3 Å². The van der Waals surface area contributed by atoms with Crippen LogP contribution in [0.3, 0.4) is 0 Å². The maximum atomic E-state index is 10.9. The largest absolute Gasteiger partial charge is 0.494 e. The molecule has 4 heteroatoms. The molecule has 0 saturated carbocycles. The summed E-state index contributed by atoms with van der Waals surface area (Å²) < 4.78 is 12.7. The molecule has 38 heavy (non-hydrogen) atoms. The Balaban J connectivity index is 1.94. The van der Waals surface area contributed by atoms with Crippen molar-refractivity contribution in [1.29, 1.82) is 0 Å². The summed E-state index contributed by atoms with van der Waals surface area (Å²) in [6.45, 7) is 22.5. The van der Waals surface area contributed by atoms with Gasteiger partial charge < -0.3 is 14.4 Å². The molecule has 1 fully saturated rings. The Hall–Kier alpha value is -1.88. The van der Waals surface area contributed by atoms with Gasteiger partial charge in [0.2, 0.25) is 0 Å². The molecule has 1 N–H and O–H groups in total. The molecule has 0 radical (unpaired) electrons. The Labute approximate surface area is 233 Å². The van der Waals surface area contributed by atoms with Crippen LogP contribution in [0.1, 0.15) is 115 Å². The zero-order valence-electron chi connectivity index (χ0n) is 25.7. The van der Waals surface area contributed by atoms with Crippen LogP contribution in [0.4, 0.5) is 0 Å². The molecule has 0 spiro atoms. The molecule has 0 aliphatic carbocycles. The summed E-state index contributed by atoms with van der Waals surface area (Å²) >= 11 is 0. The number of hydrogen-bond donors (Lipinski definition) is 1. The van der Waals surface area contributed by atoms with Crippen molar-refractivity contribution >= 4 is 18.7 Å². The summed E-state index contributed by atoms with van der Waals surface area (Å²) in [5.74, 6) is 0. The molecule has 0 amide bonds. The van der Waals surface area contributed by atoms with Crippen LogP contribution in [0.2, 0.25) is 0 Å². The minimum absolute atomic E-state index is 0.0403. The zero-order valence-corrected chi connectivity index (χ0v) is 25.7. The molecular formula is C34H51BO3. The van der Waals surface area contributed by atoms with Gasteiger partial charge in [-0.25, -0.2) is 0 Å². The van der Waals surface area contributed by atoms with Gasteiger partial charge in [-0.2, -0.15) is 0 Å². The van der Waals surface area contributed by atoms with E-state index in [4.69, 9.17) is 9.31 Å². The maximum Gasteiger partial charge on any atom is 0.494 e. The van der Waals surface area contributed by atoms with E-state index in [1.54, 1.807) is 0 Å². The third-order valence-electron chi connectivity index (χ3n) is 9.60. The second kappa shape index (κ2) is 11.7. The normalized spacial score (nSPS) is 19.1. The fraction of sp³-hybridized carbons (Fsp3) is 0.588. The Kier molecular flexibility index (Phi) is 9.44. The average molecular weight is 519 g/mol. The minimum Gasteiger partial charge on any atom is -0.407 e. The van der Waals surface area contributed by atoms with Gasteiger partial charge >= 0.3 is 7.12 Å². The molecule has 3 nitrogen and oxygen atoms in total. The lowest BCUT2D eigenvalue weighted by atomic mass is 9.66. The molecule has 208 valence electrons. The van der Waals surface area contributed by atoms with Gasteiger partial charge in [-0.1, -0.05) is 102 Å². The van der Waals surface area contributed by atoms with Crippen molar-refractivity contribution < 1.29 is 14.4 Å². The van der Waals surface area contributed by atoms with Gasteiger partial charge in [-0.3, -0.25) is 0 Å². The van der Waals surface area contributed by atoms with E-state index in [9.17, 15) is 5.11 Å². The molecule has 3 rings (SSSR count). The molecule has 1 aliphatic rings. The van der Waals surface area contributed by atoms with Gasteiger partial charge in [0.25, 0.3) is 0 Å². The molecule has 0 bridgehead atoms. The highest BCUT2D eigenvalue weighted by molar-refractivity contribution is 6.62. The number of hydrogen-bond acceptors (Lipinski definition) is 3. The fourth-order valence-electron chi connectivity index (χ4n) is 5.76. The zero-order chi connectivity index (χ0) is 28.4. The summed E-state index contributed by atoms with van der Waals surface area (Å²) in [7, 11) is -0.340. The van der Waals surface area contributed by atoms with E-state index < -0.39 is 5.60 Å². The Bertz CT molecular complexity index is 1130. The minimum atomic E-state index is -0.730. The number of rotatable bonds is 10. The van der Waals surface area contributed by atoms with Crippen LogP contribution in [-0.2, 0) is 14.7 Å². The predicted molar refractivity (Wildman–Crippen MR) is 163 cm³/mol. The van der Waals surface area contributed by atoms with Crippen LogP contribution in [-0.4, -0.2) is 30.0 Å². The van der Waals surface area contributed by atoms with E-state index in [0.717, 1.165) is 37.6 Å². The summed E-state index contributed by atoms with van der Waals surface area (Å²) in [6, 6.07) is 13.7. The van der Waals surface area contributed by atoms with Crippen molar-refractivity contribution in [2.45, 2.75) is 118 Å². The Morgan fingerprint density at radius 2 is 1.50 bits per heavy atom. The highest BCUT2D eigenvalue weighted by atomic mass is 16.6. The molecule has 1 heterocycles. The number of aryl methyl sites for hydroxylation is 2. The monoisotopic (exact) mass is 518 g/mol. The SMILES string of the molecule is CCCC(O)(/C=C/c1ccc(C(CC)(CC)c2ccc(B3OCC(C)(C)C(C)(C)O3)c(C)c2)cc1C)CC. The number of aliphatic hydroxyl groups is 1. The van der Waals surface area contributed by atoms with Crippen LogP contribution >= 0.6 is 0 Å². The highest BCUT2D eigenvalue weighted by Gasteiger charge is 2.47. The van der Waals surface area contributed by atoms with Crippen LogP contribution in [0.15, 0.2) is 42.5 Å². The van der Waals surface area contributed by atoms with Crippen molar-refractivity contribution in [3.63, 3.8) is 0 Å². The second-order valence-corrected chi connectivity index (χ2v) is 12.6. The van der Waals surface area contributed by atoms with E-state index in [0.29, 0.717) is 6.61 Å². The van der Waals surface area contributed by atoms with Gasteiger partial charge in [0.05, 0.1) is 11.2 Å². The molecule has 0 aromatic heterocycles. The van der Waals surface area contributed by atoms with E-state index in [1.165, 1.54) is 27.8 Å². The van der Waals surface area contributed by atoms with Crippen molar-refractivity contribution in [2.24, 2.45) is 5.41 Å². The van der Waals surface area contributed by atoms with Crippen LogP contribution in [0.25, 0.3) is 6.08 Å². The summed E-state index contributed by atoms with van der Waals surface area (Å²) in [6.07, 6.45) is 8.60. The van der Waals surface area contributed by atoms with Gasteiger partial charge in [-0.05, 0) is 81.1 Å². The topological polar surface area (TPSA) is 38.7 Å². The van der Waals surface area contributed by atoms with Crippen LogP contribution in [0.5, 0.6) is 0 Å². The molecule has 2 aromatic rings. The van der Waals surface area contributed by atoms with Crippen molar-refractivity contribution in [3.05, 3.63) is 70.3 Å². The lowest BCUT2D eigenvalue weighted by molar-refractivity contribution is -0.0937. The molecule has 1 saturated heterocycles. The lowest BCUT2D eigenvalue weighted by Crippen LogP contribution is -2.58. The van der Waals surface area contributed by atoms with E-state index in [2.05, 4.69) is 105 Å². The Morgan fingerprint density at radius 1 is 0.895 bits per heavy atom. The standard InChI is InChI=1S/C34H51BO3/c1-11-20-33(36,12-2)21-19-27-15-16-28(22-25(27)5)34(13-3,14-4)29-17-18-30(26(6)23-29)35-37-24-31(7,8)32(9,10)38-35/h15-19,21-23,36H,11-14,20,24H2,1-10H3/b21-19+. The second-order valence-electron chi connectivity index (χ2n) is 12.6. The van der Waals surface area contributed by atoms with Crippen molar-refractivity contribution in [1.82, 2.24) is 0 Å².